The average molecular weight is 524 g/mol. The lowest BCUT2D eigenvalue weighted by atomic mass is 10.1. The lowest BCUT2D eigenvalue weighted by Crippen LogP contribution is -2.51. The van der Waals surface area contributed by atoms with Crippen LogP contribution in [0.15, 0.2) is 53.0 Å². The van der Waals surface area contributed by atoms with Crippen LogP contribution in [0.25, 0.3) is 0 Å². The number of nitrogens with one attached hydrogen (secondary N) is 1. The molecular formula is C23H30BrN3O4S. The van der Waals surface area contributed by atoms with Gasteiger partial charge in [0.15, 0.2) is 0 Å². The van der Waals surface area contributed by atoms with Crippen molar-refractivity contribution in [1.82, 2.24) is 10.2 Å². The number of aryl methyl sites for hydroxylation is 1. The van der Waals surface area contributed by atoms with Crippen LogP contribution in [0.3, 0.4) is 0 Å². The number of carbonyl (C=O) groups is 2. The zero-order chi connectivity index (χ0) is 23.9. The molecule has 9 heteroatoms. The molecule has 2 amide bonds. The zero-order valence-corrected chi connectivity index (χ0v) is 21.2. The molecule has 0 spiro atoms. The number of carbonyl (C=O) groups excluding carboxylic acids is 2. The fourth-order valence-corrected chi connectivity index (χ4v) is 4.34. The van der Waals surface area contributed by atoms with E-state index in [0.29, 0.717) is 16.7 Å². The van der Waals surface area contributed by atoms with Crippen LogP contribution in [-0.4, -0.2) is 50.5 Å². The second kappa shape index (κ2) is 11.5. The average Bonchev–Trinajstić information content (AvgIpc) is 2.73. The monoisotopic (exact) mass is 523 g/mol. The van der Waals surface area contributed by atoms with E-state index in [4.69, 9.17) is 0 Å². The van der Waals surface area contributed by atoms with Crippen LogP contribution in [0, 0.1) is 6.92 Å². The van der Waals surface area contributed by atoms with Gasteiger partial charge in [-0.1, -0.05) is 58.7 Å². The van der Waals surface area contributed by atoms with Crippen molar-refractivity contribution >= 4 is 43.5 Å². The van der Waals surface area contributed by atoms with Crippen LogP contribution < -0.4 is 9.62 Å². The first-order valence-electron chi connectivity index (χ1n) is 10.4. The van der Waals surface area contributed by atoms with Crippen LogP contribution in [0.5, 0.6) is 0 Å². The van der Waals surface area contributed by atoms with Crippen molar-refractivity contribution in [2.24, 2.45) is 0 Å². The van der Waals surface area contributed by atoms with E-state index in [-0.39, 0.29) is 12.5 Å². The summed E-state index contributed by atoms with van der Waals surface area (Å²) in [7, 11) is -3.74. The zero-order valence-electron chi connectivity index (χ0n) is 18.8. The van der Waals surface area contributed by atoms with Crippen LogP contribution in [-0.2, 0) is 26.2 Å². The van der Waals surface area contributed by atoms with E-state index in [2.05, 4.69) is 21.2 Å². The maximum absolute atomic E-state index is 13.4. The molecule has 0 saturated carbocycles. The molecule has 0 bridgehead atoms. The van der Waals surface area contributed by atoms with Gasteiger partial charge >= 0.3 is 0 Å². The minimum absolute atomic E-state index is 0.190. The summed E-state index contributed by atoms with van der Waals surface area (Å²) in [5.41, 5.74) is 2.30. The van der Waals surface area contributed by atoms with Gasteiger partial charge in [0.25, 0.3) is 0 Å². The van der Waals surface area contributed by atoms with E-state index < -0.39 is 28.5 Å². The summed E-state index contributed by atoms with van der Waals surface area (Å²) >= 11 is 3.34. The Hall–Kier alpha value is -2.39. The lowest BCUT2D eigenvalue weighted by molar-refractivity contribution is -0.139. The number of amides is 2. The van der Waals surface area contributed by atoms with Gasteiger partial charge in [0, 0.05) is 17.6 Å². The molecule has 0 saturated heterocycles. The van der Waals surface area contributed by atoms with E-state index in [9.17, 15) is 18.0 Å². The molecule has 1 atom stereocenters. The number of hydrogen-bond acceptors (Lipinski definition) is 4. The first-order chi connectivity index (χ1) is 15.0. The number of nitrogens with zero attached hydrogens (tertiary/aromatic N) is 2. The van der Waals surface area contributed by atoms with E-state index in [1.807, 2.05) is 38.1 Å². The normalized spacial score (nSPS) is 12.2. The second-order valence-corrected chi connectivity index (χ2v) is 10.5. The van der Waals surface area contributed by atoms with Gasteiger partial charge in [-0.05, 0) is 44.0 Å². The fourth-order valence-electron chi connectivity index (χ4n) is 3.11. The molecule has 1 N–H and O–H groups in total. The highest BCUT2D eigenvalue weighted by atomic mass is 79.9. The Bertz CT molecular complexity index is 1040. The van der Waals surface area contributed by atoms with Crippen molar-refractivity contribution in [3.8, 4) is 0 Å². The minimum Gasteiger partial charge on any atom is -0.354 e. The second-order valence-electron chi connectivity index (χ2n) is 7.72. The Morgan fingerprint density at radius 3 is 2.34 bits per heavy atom. The van der Waals surface area contributed by atoms with Crippen LogP contribution in [0.1, 0.15) is 31.4 Å². The first-order valence-corrected chi connectivity index (χ1v) is 13.0. The van der Waals surface area contributed by atoms with Gasteiger partial charge in [0.2, 0.25) is 21.8 Å². The molecule has 2 aromatic rings. The number of hydrogen-bond donors (Lipinski definition) is 1. The molecule has 0 aliphatic rings. The van der Waals surface area contributed by atoms with E-state index in [1.165, 1.54) is 4.90 Å². The molecule has 0 heterocycles. The number of sulfonamides is 1. The molecular weight excluding hydrogens is 494 g/mol. The summed E-state index contributed by atoms with van der Waals surface area (Å²) in [5, 5.41) is 2.81. The Labute approximate surface area is 199 Å². The van der Waals surface area contributed by atoms with Gasteiger partial charge < -0.3 is 10.2 Å². The summed E-state index contributed by atoms with van der Waals surface area (Å²) in [6.45, 7) is 5.85. The van der Waals surface area contributed by atoms with Gasteiger partial charge in [-0.3, -0.25) is 13.9 Å². The molecule has 2 rings (SSSR count). The third-order valence-electron chi connectivity index (χ3n) is 4.97. The topological polar surface area (TPSA) is 86.8 Å². The maximum Gasteiger partial charge on any atom is 0.244 e. The molecule has 32 heavy (non-hydrogen) atoms. The molecule has 0 aromatic heterocycles. The van der Waals surface area contributed by atoms with Crippen molar-refractivity contribution in [3.05, 3.63) is 64.1 Å². The molecule has 7 nitrogen and oxygen atoms in total. The predicted molar refractivity (Wildman–Crippen MR) is 131 cm³/mol. The number of halogens is 1. The Morgan fingerprint density at radius 2 is 1.78 bits per heavy atom. The molecule has 0 aliphatic heterocycles. The number of anilines is 1. The fraction of sp³-hybridized carbons (Fsp3) is 0.391. The van der Waals surface area contributed by atoms with Crippen molar-refractivity contribution in [3.63, 3.8) is 0 Å². The Kier molecular flexibility index (Phi) is 9.27. The smallest absolute Gasteiger partial charge is 0.244 e. The highest BCUT2D eigenvalue weighted by Gasteiger charge is 2.30. The number of benzene rings is 2. The molecule has 0 radical (unpaired) electrons. The highest BCUT2D eigenvalue weighted by Crippen LogP contribution is 2.23. The minimum atomic E-state index is -3.74. The van der Waals surface area contributed by atoms with Gasteiger partial charge in [-0.2, -0.15) is 0 Å². The standard InChI is InChI=1S/C23H30BrN3O4S/c1-5-13-25-23(29)18(3)26(15-19-11-9-17(2)10-12-19)22(28)16-27(32(4,30)31)21-8-6-7-20(24)14-21/h6-12,14,18H,5,13,15-16H2,1-4H3,(H,25,29)/t18-/m0/s1. The van der Waals surface area contributed by atoms with E-state index in [0.717, 1.165) is 28.1 Å². The molecule has 0 unspecified atom stereocenters. The molecule has 174 valence electrons. The Balaban J connectivity index is 2.35. The largest absolute Gasteiger partial charge is 0.354 e. The third-order valence-corrected chi connectivity index (χ3v) is 6.60. The summed E-state index contributed by atoms with van der Waals surface area (Å²) in [6, 6.07) is 13.6. The Morgan fingerprint density at radius 1 is 1.12 bits per heavy atom. The summed E-state index contributed by atoms with van der Waals surface area (Å²) in [4.78, 5) is 27.4. The number of rotatable bonds is 10. The van der Waals surface area contributed by atoms with Crippen LogP contribution >= 0.6 is 15.9 Å². The van der Waals surface area contributed by atoms with Crippen LogP contribution in [0.4, 0.5) is 5.69 Å². The molecule has 0 fully saturated rings. The van der Waals surface area contributed by atoms with Crippen molar-refractivity contribution in [2.75, 3.05) is 23.7 Å². The van der Waals surface area contributed by atoms with Crippen molar-refractivity contribution in [2.45, 2.75) is 39.8 Å². The van der Waals surface area contributed by atoms with E-state index in [1.54, 1.807) is 31.2 Å². The third kappa shape index (κ3) is 7.34. The van der Waals surface area contributed by atoms with Crippen LogP contribution in [0.2, 0.25) is 0 Å². The highest BCUT2D eigenvalue weighted by molar-refractivity contribution is 9.10. The summed E-state index contributed by atoms with van der Waals surface area (Å²) in [6.07, 6.45) is 1.83. The van der Waals surface area contributed by atoms with E-state index >= 15 is 0 Å². The van der Waals surface area contributed by atoms with Gasteiger partial charge in [0.05, 0.1) is 11.9 Å². The van der Waals surface area contributed by atoms with Gasteiger partial charge in [-0.25, -0.2) is 8.42 Å². The lowest BCUT2D eigenvalue weighted by Gasteiger charge is -2.31. The molecule has 0 aliphatic carbocycles. The van der Waals surface area contributed by atoms with Crippen molar-refractivity contribution in [1.29, 1.82) is 0 Å². The quantitative estimate of drug-likeness (QED) is 0.516. The molecule has 2 aromatic carbocycles. The summed E-state index contributed by atoms with van der Waals surface area (Å²) in [5.74, 6) is -0.740. The summed E-state index contributed by atoms with van der Waals surface area (Å²) < 4.78 is 26.8. The first kappa shape index (κ1) is 25.9. The predicted octanol–water partition coefficient (Wildman–Crippen LogP) is 3.47. The van der Waals surface area contributed by atoms with Gasteiger partial charge in [-0.15, -0.1) is 0 Å². The SMILES string of the molecule is CCCNC(=O)[C@H](C)N(Cc1ccc(C)cc1)C(=O)CN(c1cccc(Br)c1)S(C)(=O)=O. The van der Waals surface area contributed by atoms with Gasteiger partial charge in [0.1, 0.15) is 12.6 Å². The maximum atomic E-state index is 13.4. The van der Waals surface area contributed by atoms with Crippen molar-refractivity contribution < 1.29 is 18.0 Å².